The Morgan fingerprint density at radius 2 is 1.52 bits per heavy atom. The molecule has 0 bridgehead atoms. The molecular weight excluding hydrogens is 756 g/mol. The number of hydrogen-bond donors (Lipinski definition) is 2. The lowest BCUT2D eigenvalue weighted by molar-refractivity contribution is -0.384. The minimum atomic E-state index is -0.722. The van der Waals surface area contributed by atoms with Crippen LogP contribution in [0.2, 0.25) is 0 Å². The third kappa shape index (κ3) is 9.04. The molecule has 0 atom stereocenters. The van der Waals surface area contributed by atoms with Crippen molar-refractivity contribution in [3.63, 3.8) is 0 Å². The average Bonchev–Trinajstić information content (AvgIpc) is 3.08. The fourth-order valence-electron chi connectivity index (χ4n) is 4.17. The van der Waals surface area contributed by atoms with Gasteiger partial charge in [-0.1, -0.05) is 22.0 Å². The molecule has 0 aromatic heterocycles. The fraction of sp³-hybridized carbons (Fsp3) is 0.0909. The van der Waals surface area contributed by atoms with E-state index in [2.05, 4.69) is 47.7 Å². The number of methoxy groups -OCH3 is 3. The van der Waals surface area contributed by atoms with Crippen molar-refractivity contribution in [1.29, 1.82) is 0 Å². The van der Waals surface area contributed by atoms with E-state index < -0.39 is 22.7 Å². The Morgan fingerprint density at radius 1 is 0.833 bits per heavy atom. The molecular formula is C33H26Br2N4O9. The predicted octanol–water partition coefficient (Wildman–Crippen LogP) is 6.78. The summed E-state index contributed by atoms with van der Waals surface area (Å²) in [5.74, 6) is -0.688. The summed E-state index contributed by atoms with van der Waals surface area (Å²) in [6.45, 7) is 0. The van der Waals surface area contributed by atoms with Crippen molar-refractivity contribution in [2.24, 2.45) is 5.10 Å². The number of esters is 1. The standard InChI is InChI=1S/C33H26Br2N4O9/c1-45-27-15-21(16-28(46-2)31(27)47-3)32(41)37-24-6-4-5-20(14-24)33(42)38-36-18-22-13-23(34)17-26(35)30(22)48-29(40)12-9-19-7-10-25(11-8-19)39(43)44/h4-18H,1-3H3,(H,37,41)(H,38,42)/b12-9+,36-18?. The summed E-state index contributed by atoms with van der Waals surface area (Å²) in [5.41, 5.74) is 4.04. The van der Waals surface area contributed by atoms with Crippen LogP contribution in [0.3, 0.4) is 0 Å². The third-order valence-corrected chi connectivity index (χ3v) is 7.48. The maximum atomic E-state index is 13.0. The highest BCUT2D eigenvalue weighted by atomic mass is 79.9. The number of carbonyl (C=O) groups excluding carboxylic acids is 3. The van der Waals surface area contributed by atoms with Crippen molar-refractivity contribution >= 4 is 73.3 Å². The van der Waals surface area contributed by atoms with Crippen molar-refractivity contribution in [1.82, 2.24) is 5.43 Å². The monoisotopic (exact) mass is 780 g/mol. The summed E-state index contributed by atoms with van der Waals surface area (Å²) in [4.78, 5) is 48.9. The number of rotatable bonds is 12. The zero-order chi connectivity index (χ0) is 34.8. The van der Waals surface area contributed by atoms with Crippen LogP contribution in [0.4, 0.5) is 11.4 Å². The molecule has 0 saturated carbocycles. The molecule has 0 radical (unpaired) electrons. The second-order valence-electron chi connectivity index (χ2n) is 9.56. The van der Waals surface area contributed by atoms with Gasteiger partial charge in [0, 0.05) is 45.1 Å². The number of anilines is 1. The van der Waals surface area contributed by atoms with Gasteiger partial charge < -0.3 is 24.3 Å². The maximum Gasteiger partial charge on any atom is 0.336 e. The van der Waals surface area contributed by atoms with Crippen LogP contribution in [-0.4, -0.2) is 50.3 Å². The number of benzene rings is 4. The molecule has 0 spiro atoms. The van der Waals surface area contributed by atoms with E-state index in [-0.39, 0.29) is 22.6 Å². The van der Waals surface area contributed by atoms with E-state index >= 15 is 0 Å². The second kappa shape index (κ2) is 16.3. The number of ether oxygens (including phenoxy) is 4. The van der Waals surface area contributed by atoms with E-state index in [1.54, 1.807) is 30.3 Å². The van der Waals surface area contributed by atoms with Gasteiger partial charge in [-0.15, -0.1) is 0 Å². The molecule has 4 rings (SSSR count). The van der Waals surface area contributed by atoms with Gasteiger partial charge in [0.25, 0.3) is 17.5 Å². The lowest BCUT2D eigenvalue weighted by Crippen LogP contribution is -2.18. The van der Waals surface area contributed by atoms with Crippen LogP contribution in [0.25, 0.3) is 6.08 Å². The summed E-state index contributed by atoms with van der Waals surface area (Å²) in [7, 11) is 4.34. The van der Waals surface area contributed by atoms with Crippen molar-refractivity contribution in [2.75, 3.05) is 26.6 Å². The quantitative estimate of drug-likeness (QED) is 0.0393. The zero-order valence-electron chi connectivity index (χ0n) is 25.5. The highest BCUT2D eigenvalue weighted by Crippen LogP contribution is 2.38. The molecule has 13 nitrogen and oxygen atoms in total. The number of nitrogens with zero attached hydrogens (tertiary/aromatic N) is 2. The molecule has 2 N–H and O–H groups in total. The molecule has 246 valence electrons. The number of non-ortho nitro benzene ring substituents is 1. The molecule has 0 saturated heterocycles. The SMILES string of the molecule is COc1cc(C(=O)Nc2cccc(C(=O)NN=Cc3cc(Br)cc(Br)c3OC(=O)/C=C/c3ccc([N+](=O)[O-])cc3)c2)cc(OC)c1OC. The van der Waals surface area contributed by atoms with Crippen molar-refractivity contribution in [3.8, 4) is 23.0 Å². The molecule has 4 aromatic rings. The van der Waals surface area contributed by atoms with Crippen LogP contribution in [0.1, 0.15) is 31.8 Å². The minimum Gasteiger partial charge on any atom is -0.493 e. The van der Waals surface area contributed by atoms with Gasteiger partial charge in [-0.3, -0.25) is 19.7 Å². The Bertz CT molecular complexity index is 1900. The summed E-state index contributed by atoms with van der Waals surface area (Å²) in [5, 5.41) is 17.6. The molecule has 0 aliphatic rings. The lowest BCUT2D eigenvalue weighted by Gasteiger charge is -2.14. The van der Waals surface area contributed by atoms with Crippen LogP contribution >= 0.6 is 31.9 Å². The van der Waals surface area contributed by atoms with Gasteiger partial charge in [0.1, 0.15) is 0 Å². The summed E-state index contributed by atoms with van der Waals surface area (Å²) in [6, 6.07) is 18.2. The number of carbonyl (C=O) groups is 3. The molecule has 0 heterocycles. The van der Waals surface area contributed by atoms with Crippen LogP contribution in [0, 0.1) is 10.1 Å². The van der Waals surface area contributed by atoms with Crippen molar-refractivity contribution in [3.05, 3.63) is 120 Å². The van der Waals surface area contributed by atoms with E-state index in [1.807, 2.05) is 0 Å². The molecule has 0 aliphatic carbocycles. The summed E-state index contributed by atoms with van der Waals surface area (Å²) >= 11 is 6.75. The number of hydrogen-bond acceptors (Lipinski definition) is 10. The Morgan fingerprint density at radius 3 is 2.15 bits per heavy atom. The first kappa shape index (κ1) is 35.3. The second-order valence-corrected chi connectivity index (χ2v) is 11.3. The van der Waals surface area contributed by atoms with Crippen LogP contribution in [-0.2, 0) is 4.79 Å². The number of nitro benzene ring substituents is 1. The Labute approximate surface area is 290 Å². The highest BCUT2D eigenvalue weighted by molar-refractivity contribution is 9.11. The van der Waals surface area contributed by atoms with E-state index in [4.69, 9.17) is 18.9 Å². The largest absolute Gasteiger partial charge is 0.493 e. The zero-order valence-corrected chi connectivity index (χ0v) is 28.7. The molecule has 0 aliphatic heterocycles. The third-order valence-electron chi connectivity index (χ3n) is 6.43. The first-order valence-corrected chi connectivity index (χ1v) is 15.3. The van der Waals surface area contributed by atoms with Gasteiger partial charge in [-0.05, 0) is 82.2 Å². The Kier molecular flexibility index (Phi) is 12.0. The molecule has 15 heteroatoms. The predicted molar refractivity (Wildman–Crippen MR) is 185 cm³/mol. The topological polar surface area (TPSA) is 168 Å². The molecule has 0 fully saturated rings. The van der Waals surface area contributed by atoms with Gasteiger partial charge >= 0.3 is 5.97 Å². The minimum absolute atomic E-state index is 0.0727. The normalized spacial score (nSPS) is 10.9. The van der Waals surface area contributed by atoms with Crippen LogP contribution in [0.5, 0.6) is 23.0 Å². The molecule has 48 heavy (non-hydrogen) atoms. The number of amides is 2. The van der Waals surface area contributed by atoms with E-state index in [0.29, 0.717) is 43.0 Å². The first-order chi connectivity index (χ1) is 23.0. The highest BCUT2D eigenvalue weighted by Gasteiger charge is 2.18. The van der Waals surface area contributed by atoms with Gasteiger partial charge in [-0.2, -0.15) is 5.10 Å². The Balaban J connectivity index is 1.44. The number of nitrogens with one attached hydrogen (secondary N) is 2. The summed E-state index contributed by atoms with van der Waals surface area (Å²) in [6.07, 6.45) is 3.92. The van der Waals surface area contributed by atoms with E-state index in [1.165, 1.54) is 82.2 Å². The number of nitro groups is 1. The number of hydrazone groups is 1. The molecule has 2 amide bonds. The first-order valence-electron chi connectivity index (χ1n) is 13.7. The van der Waals surface area contributed by atoms with Crippen molar-refractivity contribution < 1.29 is 38.3 Å². The van der Waals surface area contributed by atoms with Gasteiger partial charge in [0.15, 0.2) is 17.2 Å². The maximum absolute atomic E-state index is 13.0. The molecule has 0 unspecified atom stereocenters. The van der Waals surface area contributed by atoms with Crippen LogP contribution in [0.15, 0.2) is 92.9 Å². The Hall–Kier alpha value is -5.54. The van der Waals surface area contributed by atoms with E-state index in [0.717, 1.165) is 0 Å². The van der Waals surface area contributed by atoms with Gasteiger partial charge in [0.05, 0.1) is 36.9 Å². The van der Waals surface area contributed by atoms with Gasteiger partial charge in [0.2, 0.25) is 5.75 Å². The fourth-order valence-corrected chi connectivity index (χ4v) is 5.51. The van der Waals surface area contributed by atoms with Gasteiger partial charge in [-0.25, -0.2) is 10.2 Å². The van der Waals surface area contributed by atoms with E-state index in [9.17, 15) is 24.5 Å². The molecule has 4 aromatic carbocycles. The lowest BCUT2D eigenvalue weighted by atomic mass is 10.1. The number of halogens is 2. The average molecular weight is 782 g/mol. The summed E-state index contributed by atoms with van der Waals surface area (Å²) < 4.78 is 22.5. The smallest absolute Gasteiger partial charge is 0.336 e. The van der Waals surface area contributed by atoms with Crippen LogP contribution < -0.4 is 29.7 Å². The van der Waals surface area contributed by atoms with Crippen molar-refractivity contribution in [2.45, 2.75) is 0 Å².